The number of hydrogen-bond acceptors (Lipinski definition) is 5. The number of tetrazole rings is 1. The van der Waals surface area contributed by atoms with Crippen LogP contribution in [0.3, 0.4) is 0 Å². The van der Waals surface area contributed by atoms with Crippen LogP contribution in [0.2, 0.25) is 0 Å². The van der Waals surface area contributed by atoms with Gasteiger partial charge in [0, 0.05) is 18.5 Å². The second-order valence-electron chi connectivity index (χ2n) is 7.09. The zero-order valence-electron chi connectivity index (χ0n) is 16.7. The van der Waals surface area contributed by atoms with Gasteiger partial charge < -0.3 is 9.67 Å². The van der Waals surface area contributed by atoms with Crippen LogP contribution in [0.1, 0.15) is 36.8 Å². The van der Waals surface area contributed by atoms with Gasteiger partial charge in [-0.1, -0.05) is 61.9 Å². The second-order valence-corrected chi connectivity index (χ2v) is 7.84. The summed E-state index contributed by atoms with van der Waals surface area (Å²) >= 11 is 3.49. The predicted molar refractivity (Wildman–Crippen MR) is 119 cm³/mol. The van der Waals surface area contributed by atoms with Crippen LogP contribution in [-0.2, 0) is 19.6 Å². The second kappa shape index (κ2) is 9.32. The lowest BCUT2D eigenvalue weighted by molar-refractivity contribution is 0.270. The number of nitrogens with one attached hydrogen (secondary N) is 1. The van der Waals surface area contributed by atoms with Crippen molar-refractivity contribution in [1.29, 1.82) is 0 Å². The van der Waals surface area contributed by atoms with E-state index in [2.05, 4.69) is 83.4 Å². The SMILES string of the molecule is CCCCc1nc(Br)c(CO)n1Cc1ccc(-c2ccccc2-c2nn[nH]n2)cc1. The highest BCUT2D eigenvalue weighted by molar-refractivity contribution is 9.10. The minimum atomic E-state index is -0.0458. The fraction of sp³-hybridized carbons (Fsp3) is 0.273. The fourth-order valence-electron chi connectivity index (χ4n) is 3.55. The Kier molecular flexibility index (Phi) is 6.35. The molecular formula is C22H23BrN6O. The Labute approximate surface area is 183 Å². The van der Waals surface area contributed by atoms with Crippen molar-refractivity contribution >= 4 is 15.9 Å². The van der Waals surface area contributed by atoms with Gasteiger partial charge in [0.2, 0.25) is 5.82 Å². The van der Waals surface area contributed by atoms with E-state index in [0.29, 0.717) is 12.4 Å². The standard InChI is InChI=1S/C22H23BrN6O/c1-2-3-8-20-24-21(23)19(14-30)29(20)13-15-9-11-16(12-10-15)17-6-4-5-7-18(17)22-25-27-28-26-22/h4-7,9-12,30H,2-3,8,13-14H2,1H3,(H,25,26,27,28). The molecule has 0 unspecified atom stereocenters. The summed E-state index contributed by atoms with van der Waals surface area (Å²) in [7, 11) is 0. The number of unbranched alkanes of at least 4 members (excludes halogenated alkanes) is 1. The minimum absolute atomic E-state index is 0.0458. The summed E-state index contributed by atoms with van der Waals surface area (Å²) in [5.74, 6) is 1.57. The number of halogens is 1. The maximum absolute atomic E-state index is 9.82. The van der Waals surface area contributed by atoms with Gasteiger partial charge in [-0.15, -0.1) is 10.2 Å². The molecule has 0 spiro atoms. The lowest BCUT2D eigenvalue weighted by Gasteiger charge is -2.12. The first-order valence-electron chi connectivity index (χ1n) is 9.98. The minimum Gasteiger partial charge on any atom is -0.390 e. The number of rotatable bonds is 8. The number of aliphatic hydroxyl groups excluding tert-OH is 1. The number of H-pyrrole nitrogens is 1. The number of aromatic nitrogens is 6. The molecule has 2 aromatic carbocycles. The number of aliphatic hydroxyl groups is 1. The van der Waals surface area contributed by atoms with Crippen molar-refractivity contribution in [1.82, 2.24) is 30.2 Å². The molecule has 0 saturated carbocycles. The zero-order valence-corrected chi connectivity index (χ0v) is 18.3. The largest absolute Gasteiger partial charge is 0.390 e. The van der Waals surface area contributed by atoms with E-state index in [1.807, 2.05) is 18.2 Å². The summed E-state index contributed by atoms with van der Waals surface area (Å²) in [6.45, 7) is 2.79. The highest BCUT2D eigenvalue weighted by Gasteiger charge is 2.15. The topological polar surface area (TPSA) is 92.5 Å². The summed E-state index contributed by atoms with van der Waals surface area (Å²) in [5.41, 5.74) is 5.03. The predicted octanol–water partition coefficient (Wildman–Crippen LogP) is 4.38. The number of nitrogens with zero attached hydrogens (tertiary/aromatic N) is 5. The molecule has 0 aliphatic carbocycles. The van der Waals surface area contributed by atoms with Crippen LogP contribution in [0.25, 0.3) is 22.5 Å². The molecule has 0 bridgehead atoms. The summed E-state index contributed by atoms with van der Waals surface area (Å²) in [6, 6.07) is 16.4. The van der Waals surface area contributed by atoms with Gasteiger partial charge in [0.1, 0.15) is 10.4 Å². The monoisotopic (exact) mass is 466 g/mol. The Morgan fingerprint density at radius 3 is 2.50 bits per heavy atom. The third kappa shape index (κ3) is 4.20. The van der Waals surface area contributed by atoms with Crippen molar-refractivity contribution in [2.45, 2.75) is 39.3 Å². The van der Waals surface area contributed by atoms with Gasteiger partial charge >= 0.3 is 0 Å². The van der Waals surface area contributed by atoms with Crippen molar-refractivity contribution in [2.75, 3.05) is 0 Å². The number of hydrogen-bond donors (Lipinski definition) is 2. The van der Waals surface area contributed by atoms with Crippen LogP contribution in [0.5, 0.6) is 0 Å². The Morgan fingerprint density at radius 2 is 1.83 bits per heavy atom. The Morgan fingerprint density at radius 1 is 1.07 bits per heavy atom. The number of imidazole rings is 1. The fourth-order valence-corrected chi connectivity index (χ4v) is 4.09. The van der Waals surface area contributed by atoms with E-state index in [0.717, 1.165) is 57.6 Å². The van der Waals surface area contributed by atoms with E-state index in [4.69, 9.17) is 0 Å². The lowest BCUT2D eigenvalue weighted by atomic mass is 9.98. The molecule has 154 valence electrons. The first kappa shape index (κ1) is 20.4. The lowest BCUT2D eigenvalue weighted by Crippen LogP contribution is -2.09. The summed E-state index contributed by atoms with van der Waals surface area (Å²) in [6.07, 6.45) is 3.07. The van der Waals surface area contributed by atoms with Crippen molar-refractivity contribution < 1.29 is 5.11 Å². The summed E-state index contributed by atoms with van der Waals surface area (Å²) in [4.78, 5) is 4.62. The van der Waals surface area contributed by atoms with Gasteiger partial charge in [-0.25, -0.2) is 4.98 Å². The molecule has 0 atom stereocenters. The molecule has 2 heterocycles. The van der Waals surface area contributed by atoms with Gasteiger partial charge in [0.25, 0.3) is 0 Å². The molecule has 4 aromatic rings. The van der Waals surface area contributed by atoms with Crippen molar-refractivity contribution in [3.63, 3.8) is 0 Å². The van der Waals surface area contributed by atoms with Crippen LogP contribution >= 0.6 is 15.9 Å². The van der Waals surface area contributed by atoms with Crippen LogP contribution in [0, 0.1) is 0 Å². The quantitative estimate of drug-likeness (QED) is 0.401. The van der Waals surface area contributed by atoms with E-state index < -0.39 is 0 Å². The Hall–Kier alpha value is -2.84. The highest BCUT2D eigenvalue weighted by atomic mass is 79.9. The molecule has 30 heavy (non-hydrogen) atoms. The van der Waals surface area contributed by atoms with Crippen LogP contribution in [0.4, 0.5) is 0 Å². The summed E-state index contributed by atoms with van der Waals surface area (Å²) in [5, 5.41) is 24.2. The molecule has 7 nitrogen and oxygen atoms in total. The molecule has 0 aliphatic rings. The van der Waals surface area contributed by atoms with Gasteiger partial charge in [0.15, 0.2) is 0 Å². The van der Waals surface area contributed by atoms with Crippen molar-refractivity contribution in [2.24, 2.45) is 0 Å². The maximum Gasteiger partial charge on any atom is 0.205 e. The molecule has 4 rings (SSSR count). The molecular weight excluding hydrogens is 444 g/mol. The number of benzene rings is 2. The van der Waals surface area contributed by atoms with E-state index in [9.17, 15) is 5.11 Å². The van der Waals surface area contributed by atoms with Gasteiger partial charge in [-0.05, 0) is 44.3 Å². The number of aromatic amines is 1. The van der Waals surface area contributed by atoms with Gasteiger partial charge in [0.05, 0.1) is 12.3 Å². The van der Waals surface area contributed by atoms with Crippen molar-refractivity contribution in [3.05, 3.63) is 70.2 Å². The number of aryl methyl sites for hydroxylation is 1. The normalized spacial score (nSPS) is 11.2. The van der Waals surface area contributed by atoms with Crippen LogP contribution in [0.15, 0.2) is 53.1 Å². The van der Waals surface area contributed by atoms with Gasteiger partial charge in [-0.2, -0.15) is 5.21 Å². The molecule has 2 N–H and O–H groups in total. The molecule has 0 radical (unpaired) electrons. The highest BCUT2D eigenvalue weighted by Crippen LogP contribution is 2.30. The maximum atomic E-state index is 9.82. The summed E-state index contributed by atoms with van der Waals surface area (Å²) < 4.78 is 2.84. The molecule has 0 fully saturated rings. The Balaban J connectivity index is 1.62. The Bertz CT molecular complexity index is 1110. The van der Waals surface area contributed by atoms with E-state index in [1.165, 1.54) is 0 Å². The zero-order chi connectivity index (χ0) is 20.9. The first-order valence-corrected chi connectivity index (χ1v) is 10.8. The average Bonchev–Trinajstić information content (AvgIpc) is 3.41. The van der Waals surface area contributed by atoms with E-state index >= 15 is 0 Å². The first-order chi connectivity index (χ1) is 14.7. The van der Waals surface area contributed by atoms with E-state index in [-0.39, 0.29) is 6.61 Å². The molecule has 0 saturated heterocycles. The average molecular weight is 467 g/mol. The van der Waals surface area contributed by atoms with Crippen molar-refractivity contribution in [3.8, 4) is 22.5 Å². The molecule has 8 heteroatoms. The van der Waals surface area contributed by atoms with Gasteiger partial charge in [-0.3, -0.25) is 0 Å². The smallest absolute Gasteiger partial charge is 0.205 e. The third-order valence-corrected chi connectivity index (χ3v) is 5.76. The van der Waals surface area contributed by atoms with Crippen LogP contribution in [-0.4, -0.2) is 35.3 Å². The van der Waals surface area contributed by atoms with E-state index in [1.54, 1.807) is 0 Å². The third-order valence-electron chi connectivity index (χ3n) is 5.13. The molecule has 0 amide bonds. The van der Waals surface area contributed by atoms with Crippen LogP contribution < -0.4 is 0 Å². The molecule has 0 aliphatic heterocycles. The molecule has 2 aromatic heterocycles.